The van der Waals surface area contributed by atoms with Crippen molar-refractivity contribution in [3.8, 4) is 16.9 Å². The van der Waals surface area contributed by atoms with Crippen molar-refractivity contribution in [1.82, 2.24) is 18.9 Å². The molecule has 0 spiro atoms. The smallest absolute Gasteiger partial charge is 0.335 e. The number of rotatable bonds is 8. The van der Waals surface area contributed by atoms with Crippen LogP contribution in [0.2, 0.25) is 10.0 Å². The van der Waals surface area contributed by atoms with E-state index in [2.05, 4.69) is 40.1 Å². The monoisotopic (exact) mass is 697 g/mol. The predicted octanol–water partition coefficient (Wildman–Crippen LogP) is 9.36. The fourth-order valence-corrected chi connectivity index (χ4v) is 8.18. The van der Waals surface area contributed by atoms with Crippen molar-refractivity contribution in [3.63, 3.8) is 0 Å². The number of carboxylic acids is 1. The van der Waals surface area contributed by atoms with Gasteiger partial charge < -0.3 is 23.9 Å². The number of carbonyl (C=O) groups is 1. The van der Waals surface area contributed by atoms with Crippen LogP contribution in [-0.2, 0) is 27.1 Å². The second-order valence-electron chi connectivity index (χ2n) is 13.5. The second-order valence-corrected chi connectivity index (χ2v) is 14.3. The number of aromatic carboxylic acids is 1. The van der Waals surface area contributed by atoms with Gasteiger partial charge in [0.25, 0.3) is 0 Å². The Morgan fingerprint density at radius 2 is 1.73 bits per heavy atom. The molecular formula is C39H41Cl2N5O3. The molecule has 6 aromatic rings. The highest BCUT2D eigenvalue weighted by Gasteiger charge is 2.32. The van der Waals surface area contributed by atoms with E-state index in [0.717, 1.165) is 85.9 Å². The predicted molar refractivity (Wildman–Crippen MR) is 199 cm³/mol. The highest BCUT2D eigenvalue weighted by atomic mass is 35.5. The standard InChI is InChI=1S/C39H41Cl2N5O3/c1-21-15-27(16-22(2)37(21)41)49-14-8-9-28-29-11-12-31(40)36(35-24(4)42-44(7)25(35)5)38(29)46-23(3)18-45(20-34(28)46)33-19-43(6)32-13-10-26(39(47)48)17-30(32)33/h10-13,15-17,19,23H,8-9,14,18,20H2,1-7H3,(H,47,48)/t23-/m1/s1. The lowest BCUT2D eigenvalue weighted by Gasteiger charge is -2.36. The Bertz CT molecular complexity index is 2270. The minimum absolute atomic E-state index is 0.101. The number of hydrogen-bond donors (Lipinski definition) is 1. The zero-order valence-electron chi connectivity index (χ0n) is 29.0. The minimum atomic E-state index is -0.928. The SMILES string of the molecule is Cc1cc(OCCCc2c3n(c4c(-c5c(C)nn(C)c5C)c(Cl)ccc24)[C@H](C)CN(c2cn(C)c4ccc(C(=O)O)cc24)C3)cc(C)c1Cl. The molecule has 1 aliphatic heterocycles. The number of halogens is 2. The van der Waals surface area contributed by atoms with Gasteiger partial charge in [-0.3, -0.25) is 4.68 Å². The molecule has 0 amide bonds. The number of aromatic nitrogens is 4. The lowest BCUT2D eigenvalue weighted by molar-refractivity contribution is 0.0697. The van der Waals surface area contributed by atoms with Crippen molar-refractivity contribution < 1.29 is 14.6 Å². The maximum atomic E-state index is 11.9. The Kier molecular flexibility index (Phi) is 8.44. The lowest BCUT2D eigenvalue weighted by atomic mass is 9.98. The van der Waals surface area contributed by atoms with E-state index < -0.39 is 5.97 Å². The van der Waals surface area contributed by atoms with Crippen molar-refractivity contribution in [2.24, 2.45) is 14.1 Å². The van der Waals surface area contributed by atoms with Crippen LogP contribution in [0, 0.1) is 27.7 Å². The Morgan fingerprint density at radius 1 is 1.00 bits per heavy atom. The molecule has 7 rings (SSSR count). The highest BCUT2D eigenvalue weighted by Crippen LogP contribution is 2.45. The molecule has 254 valence electrons. The largest absolute Gasteiger partial charge is 0.494 e. The molecule has 0 fully saturated rings. The summed E-state index contributed by atoms with van der Waals surface area (Å²) in [6.45, 7) is 12.4. The molecule has 0 bridgehead atoms. The first-order chi connectivity index (χ1) is 23.3. The van der Waals surface area contributed by atoms with Gasteiger partial charge in [0.2, 0.25) is 0 Å². The Hall–Kier alpha value is -4.40. The zero-order valence-corrected chi connectivity index (χ0v) is 30.5. The molecule has 4 heterocycles. The Morgan fingerprint density at radius 3 is 2.41 bits per heavy atom. The fraction of sp³-hybridized carbons (Fsp3) is 0.333. The molecule has 3 aromatic carbocycles. The summed E-state index contributed by atoms with van der Waals surface area (Å²) in [4.78, 5) is 14.3. The summed E-state index contributed by atoms with van der Waals surface area (Å²) < 4.78 is 12.8. The summed E-state index contributed by atoms with van der Waals surface area (Å²) in [6, 6.07) is 13.7. The normalized spacial score (nSPS) is 14.6. The molecule has 0 unspecified atom stereocenters. The van der Waals surface area contributed by atoms with Gasteiger partial charge in [0.05, 0.1) is 40.6 Å². The average molecular weight is 699 g/mol. The van der Waals surface area contributed by atoms with Crippen molar-refractivity contribution >= 4 is 56.7 Å². The first-order valence-corrected chi connectivity index (χ1v) is 17.4. The van der Waals surface area contributed by atoms with E-state index in [1.165, 1.54) is 16.6 Å². The topological polar surface area (TPSA) is 77.5 Å². The van der Waals surface area contributed by atoms with Crippen LogP contribution < -0.4 is 9.64 Å². The fourth-order valence-electron chi connectivity index (χ4n) is 7.82. The van der Waals surface area contributed by atoms with Crippen LogP contribution in [0.25, 0.3) is 32.9 Å². The summed E-state index contributed by atoms with van der Waals surface area (Å²) in [5, 5.41) is 18.1. The third-order valence-electron chi connectivity index (χ3n) is 10.2. The van der Waals surface area contributed by atoms with Gasteiger partial charge in [-0.2, -0.15) is 5.10 Å². The molecule has 0 saturated heterocycles. The van der Waals surface area contributed by atoms with Crippen LogP contribution in [0.1, 0.15) is 63.5 Å². The quantitative estimate of drug-likeness (QED) is 0.160. The number of ether oxygens (including phenoxy) is 1. The minimum Gasteiger partial charge on any atom is -0.494 e. The third kappa shape index (κ3) is 5.55. The van der Waals surface area contributed by atoms with Gasteiger partial charge in [0, 0.05) is 76.7 Å². The maximum absolute atomic E-state index is 11.9. The van der Waals surface area contributed by atoms with Crippen LogP contribution in [0.4, 0.5) is 5.69 Å². The van der Waals surface area contributed by atoms with E-state index in [1.54, 1.807) is 12.1 Å². The molecule has 1 atom stereocenters. The van der Waals surface area contributed by atoms with Crippen molar-refractivity contribution in [2.75, 3.05) is 18.1 Å². The molecule has 8 nitrogen and oxygen atoms in total. The Balaban J connectivity index is 1.34. The van der Waals surface area contributed by atoms with Crippen LogP contribution >= 0.6 is 23.2 Å². The van der Waals surface area contributed by atoms with Gasteiger partial charge in [-0.25, -0.2) is 4.79 Å². The molecular weight excluding hydrogens is 657 g/mol. The number of nitrogens with zero attached hydrogens (tertiary/aromatic N) is 5. The summed E-state index contributed by atoms with van der Waals surface area (Å²) in [5.74, 6) is -0.0982. The number of carboxylic acid groups (broad SMARTS) is 1. The summed E-state index contributed by atoms with van der Waals surface area (Å²) >= 11 is 13.5. The van der Waals surface area contributed by atoms with E-state index in [9.17, 15) is 9.90 Å². The van der Waals surface area contributed by atoms with Gasteiger partial charge >= 0.3 is 5.97 Å². The molecule has 10 heteroatoms. The number of aryl methyl sites for hydroxylation is 6. The lowest BCUT2D eigenvalue weighted by Crippen LogP contribution is -2.36. The van der Waals surface area contributed by atoms with Crippen LogP contribution in [0.15, 0.2) is 48.7 Å². The molecule has 3 aromatic heterocycles. The molecule has 1 N–H and O–H groups in total. The third-order valence-corrected chi connectivity index (χ3v) is 11.1. The van der Waals surface area contributed by atoms with E-state index in [0.29, 0.717) is 18.2 Å². The molecule has 0 aliphatic carbocycles. The van der Waals surface area contributed by atoms with Gasteiger partial charge in [0.15, 0.2) is 0 Å². The average Bonchev–Trinajstić information content (AvgIpc) is 3.65. The van der Waals surface area contributed by atoms with Gasteiger partial charge in [-0.1, -0.05) is 29.3 Å². The van der Waals surface area contributed by atoms with E-state index >= 15 is 0 Å². The summed E-state index contributed by atoms with van der Waals surface area (Å²) in [7, 11) is 3.99. The molecule has 49 heavy (non-hydrogen) atoms. The van der Waals surface area contributed by atoms with E-state index in [4.69, 9.17) is 33.0 Å². The number of hydrogen-bond acceptors (Lipinski definition) is 4. The maximum Gasteiger partial charge on any atom is 0.335 e. The van der Waals surface area contributed by atoms with Crippen LogP contribution in [0.3, 0.4) is 0 Å². The first kappa shape index (κ1) is 33.1. The van der Waals surface area contributed by atoms with Crippen LogP contribution in [-0.4, -0.2) is 43.1 Å². The molecule has 0 radical (unpaired) electrons. The van der Waals surface area contributed by atoms with Gasteiger partial charge in [0.1, 0.15) is 5.75 Å². The van der Waals surface area contributed by atoms with Crippen molar-refractivity contribution in [1.29, 1.82) is 0 Å². The zero-order chi connectivity index (χ0) is 34.9. The number of anilines is 1. The highest BCUT2D eigenvalue weighted by molar-refractivity contribution is 6.35. The summed E-state index contributed by atoms with van der Waals surface area (Å²) in [6.07, 6.45) is 3.76. The molecule has 1 aliphatic rings. The van der Waals surface area contributed by atoms with Gasteiger partial charge in [-0.05, 0) is 101 Å². The second kappa shape index (κ2) is 12.5. The Labute approximate surface area is 296 Å². The van der Waals surface area contributed by atoms with Crippen molar-refractivity contribution in [2.45, 2.75) is 60.0 Å². The summed E-state index contributed by atoms with van der Waals surface area (Å²) in [5.41, 5.74) is 12.1. The first-order valence-electron chi connectivity index (χ1n) is 16.7. The van der Waals surface area contributed by atoms with Gasteiger partial charge in [-0.15, -0.1) is 0 Å². The van der Waals surface area contributed by atoms with Crippen molar-refractivity contribution in [3.05, 3.63) is 98.0 Å². The number of fused-ring (bicyclic) bond motifs is 4. The van der Waals surface area contributed by atoms with E-state index in [-0.39, 0.29) is 11.6 Å². The van der Waals surface area contributed by atoms with E-state index in [1.807, 2.05) is 63.8 Å². The van der Waals surface area contributed by atoms with Crippen LogP contribution in [0.5, 0.6) is 5.75 Å². The number of benzene rings is 3. The molecule has 0 saturated carbocycles.